The van der Waals surface area contributed by atoms with E-state index in [2.05, 4.69) is 5.32 Å². The Morgan fingerprint density at radius 1 is 0.828 bits per heavy atom. The first-order valence-electron chi connectivity index (χ1n) is 9.45. The first kappa shape index (κ1) is 18.7. The predicted molar refractivity (Wildman–Crippen MR) is 117 cm³/mol. The van der Waals surface area contributed by atoms with Gasteiger partial charge >= 0.3 is 5.63 Å². The maximum absolute atomic E-state index is 13.2. The summed E-state index contributed by atoms with van der Waals surface area (Å²) < 4.78 is 5.54. The number of carbonyl (C=O) groups excluding carboxylic acids is 1. The summed E-state index contributed by atoms with van der Waals surface area (Å²) in [5.41, 5.74) is 4.68. The van der Waals surface area contributed by atoms with Crippen LogP contribution < -0.4 is 10.9 Å². The molecule has 144 valence electrons. The molecule has 1 N–H and O–H groups in total. The van der Waals surface area contributed by atoms with E-state index < -0.39 is 11.5 Å². The van der Waals surface area contributed by atoms with Gasteiger partial charge in [0, 0.05) is 16.6 Å². The lowest BCUT2D eigenvalue weighted by Crippen LogP contribution is -2.17. The topological polar surface area (TPSA) is 59.3 Å². The maximum Gasteiger partial charge on any atom is 0.344 e. The molecule has 4 heteroatoms. The Balaban J connectivity index is 1.92. The van der Waals surface area contributed by atoms with Gasteiger partial charge in [0.05, 0.1) is 5.39 Å². The van der Waals surface area contributed by atoms with E-state index in [1.165, 1.54) is 0 Å². The smallest absolute Gasteiger partial charge is 0.344 e. The highest BCUT2D eigenvalue weighted by Crippen LogP contribution is 2.31. The van der Waals surface area contributed by atoms with Gasteiger partial charge in [-0.05, 0) is 49.6 Å². The molecule has 4 aromatic rings. The fraction of sp³-hybridized carbons (Fsp3) is 0.120. The van der Waals surface area contributed by atoms with Crippen LogP contribution in [0, 0.1) is 20.8 Å². The van der Waals surface area contributed by atoms with Gasteiger partial charge in [-0.15, -0.1) is 0 Å². The standard InChI is InChI=1S/C25H21NO3/c1-15-9-12-18(13-10-15)22-19-6-4-5-7-20(19)25(28)29-23(22)24(27)26-21-14-16(2)8-11-17(21)3/h4-14H,1-3H3,(H,26,27). The highest BCUT2D eigenvalue weighted by Gasteiger charge is 2.21. The summed E-state index contributed by atoms with van der Waals surface area (Å²) in [6, 6.07) is 20.8. The molecule has 1 amide bonds. The Hall–Kier alpha value is -3.66. The monoisotopic (exact) mass is 383 g/mol. The summed E-state index contributed by atoms with van der Waals surface area (Å²) in [5.74, 6) is -0.435. The number of hydrogen-bond acceptors (Lipinski definition) is 3. The first-order valence-corrected chi connectivity index (χ1v) is 9.45. The molecule has 4 rings (SSSR count). The van der Waals surface area contributed by atoms with Crippen LogP contribution in [0.25, 0.3) is 21.9 Å². The van der Waals surface area contributed by atoms with Gasteiger partial charge in [-0.3, -0.25) is 4.79 Å². The van der Waals surface area contributed by atoms with Crippen LogP contribution in [0.15, 0.2) is 75.9 Å². The summed E-state index contributed by atoms with van der Waals surface area (Å²) in [6.45, 7) is 5.89. The Morgan fingerprint density at radius 2 is 1.48 bits per heavy atom. The van der Waals surface area contributed by atoms with Gasteiger partial charge < -0.3 is 9.73 Å². The van der Waals surface area contributed by atoms with Crippen molar-refractivity contribution in [2.24, 2.45) is 0 Å². The quantitative estimate of drug-likeness (QED) is 0.498. The third kappa shape index (κ3) is 3.57. The fourth-order valence-corrected chi connectivity index (χ4v) is 3.42. The van der Waals surface area contributed by atoms with E-state index in [0.29, 0.717) is 22.0 Å². The number of hydrogen-bond donors (Lipinski definition) is 1. The van der Waals surface area contributed by atoms with Crippen molar-refractivity contribution in [1.29, 1.82) is 0 Å². The molecule has 0 aliphatic rings. The Morgan fingerprint density at radius 3 is 2.21 bits per heavy atom. The van der Waals surface area contributed by atoms with Crippen LogP contribution in [0.5, 0.6) is 0 Å². The molecule has 29 heavy (non-hydrogen) atoms. The number of aryl methyl sites for hydroxylation is 3. The van der Waals surface area contributed by atoms with Gasteiger partial charge in [0.1, 0.15) is 0 Å². The third-order valence-corrected chi connectivity index (χ3v) is 5.03. The number of nitrogens with one attached hydrogen (secondary N) is 1. The number of rotatable bonds is 3. The first-order chi connectivity index (χ1) is 13.9. The van der Waals surface area contributed by atoms with Crippen molar-refractivity contribution >= 4 is 22.4 Å². The Bertz CT molecular complexity index is 1280. The lowest BCUT2D eigenvalue weighted by molar-refractivity contribution is 0.0994. The minimum atomic E-state index is -0.525. The highest BCUT2D eigenvalue weighted by molar-refractivity contribution is 6.12. The van der Waals surface area contributed by atoms with Gasteiger partial charge in [-0.1, -0.05) is 60.2 Å². The number of benzene rings is 3. The average molecular weight is 383 g/mol. The van der Waals surface area contributed by atoms with Crippen molar-refractivity contribution in [2.45, 2.75) is 20.8 Å². The molecule has 1 heterocycles. The molecular formula is C25H21NO3. The van der Waals surface area contributed by atoms with Crippen molar-refractivity contribution in [3.05, 3.63) is 99.6 Å². The molecule has 3 aromatic carbocycles. The van der Waals surface area contributed by atoms with Crippen molar-refractivity contribution in [2.75, 3.05) is 5.32 Å². The summed E-state index contributed by atoms with van der Waals surface area (Å²) in [4.78, 5) is 25.8. The second-order valence-electron chi connectivity index (χ2n) is 7.28. The Labute approximate surface area is 168 Å². The van der Waals surface area contributed by atoms with E-state index in [1.807, 2.05) is 75.4 Å². The van der Waals surface area contributed by atoms with Crippen molar-refractivity contribution in [3.63, 3.8) is 0 Å². The zero-order chi connectivity index (χ0) is 20.5. The zero-order valence-electron chi connectivity index (χ0n) is 16.6. The van der Waals surface area contributed by atoms with E-state index in [-0.39, 0.29) is 5.76 Å². The summed E-state index contributed by atoms with van der Waals surface area (Å²) in [5, 5.41) is 4.05. The SMILES string of the molecule is Cc1ccc(-c2c(C(=O)Nc3cc(C)ccc3C)oc(=O)c3ccccc23)cc1. The number of amides is 1. The van der Waals surface area contributed by atoms with E-state index >= 15 is 0 Å². The van der Waals surface area contributed by atoms with Crippen molar-refractivity contribution in [1.82, 2.24) is 0 Å². The normalized spacial score (nSPS) is 10.9. The number of fused-ring (bicyclic) bond motifs is 1. The largest absolute Gasteiger partial charge is 0.416 e. The van der Waals surface area contributed by atoms with Gasteiger partial charge in [-0.25, -0.2) is 4.79 Å². The number of anilines is 1. The van der Waals surface area contributed by atoms with Crippen LogP contribution in [0.4, 0.5) is 5.69 Å². The third-order valence-electron chi connectivity index (χ3n) is 5.03. The van der Waals surface area contributed by atoms with E-state index in [9.17, 15) is 9.59 Å². The minimum absolute atomic E-state index is 0.0125. The molecule has 0 bridgehead atoms. The molecular weight excluding hydrogens is 362 g/mol. The second kappa shape index (κ2) is 7.40. The van der Waals surface area contributed by atoms with E-state index in [4.69, 9.17) is 4.42 Å². The molecule has 0 saturated carbocycles. The van der Waals surface area contributed by atoms with Gasteiger partial charge in [-0.2, -0.15) is 0 Å². The molecule has 0 radical (unpaired) electrons. The molecule has 0 unspecified atom stereocenters. The van der Waals surface area contributed by atoms with Gasteiger partial charge in [0.2, 0.25) is 5.76 Å². The highest BCUT2D eigenvalue weighted by atomic mass is 16.4. The van der Waals surface area contributed by atoms with Crippen LogP contribution in [0.3, 0.4) is 0 Å². The molecule has 0 aliphatic carbocycles. The summed E-state index contributed by atoms with van der Waals surface area (Å²) in [6.07, 6.45) is 0. The lowest BCUT2D eigenvalue weighted by atomic mass is 9.97. The molecule has 1 aromatic heterocycles. The van der Waals surface area contributed by atoms with Crippen molar-refractivity contribution in [3.8, 4) is 11.1 Å². The summed E-state index contributed by atoms with van der Waals surface area (Å²) in [7, 11) is 0. The van der Waals surface area contributed by atoms with E-state index in [0.717, 1.165) is 22.3 Å². The van der Waals surface area contributed by atoms with Crippen LogP contribution in [-0.4, -0.2) is 5.91 Å². The minimum Gasteiger partial charge on any atom is -0.416 e. The molecule has 0 atom stereocenters. The average Bonchev–Trinajstić information content (AvgIpc) is 2.71. The molecule has 0 spiro atoms. The van der Waals surface area contributed by atoms with Gasteiger partial charge in [0.15, 0.2) is 0 Å². The summed E-state index contributed by atoms with van der Waals surface area (Å²) >= 11 is 0. The second-order valence-corrected chi connectivity index (χ2v) is 7.28. The lowest BCUT2D eigenvalue weighted by Gasteiger charge is -2.13. The van der Waals surface area contributed by atoms with Crippen LogP contribution in [-0.2, 0) is 0 Å². The molecule has 4 nitrogen and oxygen atoms in total. The fourth-order valence-electron chi connectivity index (χ4n) is 3.42. The molecule has 0 saturated heterocycles. The number of carbonyl (C=O) groups is 1. The van der Waals surface area contributed by atoms with Crippen LogP contribution in [0.1, 0.15) is 27.2 Å². The predicted octanol–water partition coefficient (Wildman–Crippen LogP) is 5.64. The van der Waals surface area contributed by atoms with E-state index in [1.54, 1.807) is 12.1 Å². The zero-order valence-corrected chi connectivity index (χ0v) is 16.6. The molecule has 0 aliphatic heterocycles. The van der Waals surface area contributed by atoms with Crippen LogP contribution >= 0.6 is 0 Å². The molecule has 0 fully saturated rings. The van der Waals surface area contributed by atoms with Crippen molar-refractivity contribution < 1.29 is 9.21 Å². The Kier molecular flexibility index (Phi) is 4.77. The maximum atomic E-state index is 13.2. The van der Waals surface area contributed by atoms with Gasteiger partial charge in [0.25, 0.3) is 5.91 Å². The van der Waals surface area contributed by atoms with Crippen LogP contribution in [0.2, 0.25) is 0 Å².